The zero-order chi connectivity index (χ0) is 20.9. The molecule has 4 rings (SSSR count). The van der Waals surface area contributed by atoms with Crippen molar-refractivity contribution in [3.63, 3.8) is 0 Å². The molecule has 0 bridgehead atoms. The fourth-order valence-corrected chi connectivity index (χ4v) is 4.17. The Labute approximate surface area is 177 Å². The number of unbranched alkanes of at least 4 members (excludes halogenated alkanes) is 1. The fourth-order valence-electron chi connectivity index (χ4n) is 4.17. The number of carbonyl (C=O) groups excluding carboxylic acids is 1. The number of allylic oxidation sites excluding steroid dienone is 1. The molecule has 2 heterocycles. The number of rotatable bonds is 7. The molecule has 1 aromatic heterocycles. The summed E-state index contributed by atoms with van der Waals surface area (Å²) in [6.45, 7) is 4.70. The lowest BCUT2D eigenvalue weighted by molar-refractivity contribution is -0.146. The molecule has 1 unspecified atom stereocenters. The summed E-state index contributed by atoms with van der Waals surface area (Å²) in [4.78, 5) is 17.6. The van der Waals surface area contributed by atoms with Gasteiger partial charge in [0.1, 0.15) is 24.2 Å². The average Bonchev–Trinajstić information content (AvgIpc) is 3.22. The molecule has 7 nitrogen and oxygen atoms in total. The summed E-state index contributed by atoms with van der Waals surface area (Å²) < 4.78 is 13.6. The maximum Gasteiger partial charge on any atom is 0.338 e. The molecule has 1 aromatic carbocycles. The van der Waals surface area contributed by atoms with E-state index in [9.17, 15) is 4.79 Å². The van der Waals surface area contributed by atoms with Crippen LogP contribution in [-0.2, 0) is 9.53 Å². The average molecular weight is 411 g/mol. The predicted octanol–water partition coefficient (Wildman–Crippen LogP) is 4.62. The summed E-state index contributed by atoms with van der Waals surface area (Å²) >= 11 is 0. The summed E-state index contributed by atoms with van der Waals surface area (Å²) in [6, 6.07) is 7.47. The fraction of sp³-hybridized carbons (Fsp3) is 0.522. The van der Waals surface area contributed by atoms with Crippen molar-refractivity contribution in [2.75, 3.05) is 11.9 Å². The van der Waals surface area contributed by atoms with Crippen molar-refractivity contribution in [3.8, 4) is 5.75 Å². The molecule has 1 atom stereocenters. The Morgan fingerprint density at radius 3 is 2.90 bits per heavy atom. The number of fused-ring (bicyclic) bond motifs is 1. The maximum atomic E-state index is 13.3. The minimum Gasteiger partial charge on any atom is -0.494 e. The van der Waals surface area contributed by atoms with E-state index in [0.29, 0.717) is 18.1 Å². The highest BCUT2D eigenvalue weighted by Gasteiger charge is 2.35. The van der Waals surface area contributed by atoms with Gasteiger partial charge in [-0.2, -0.15) is 10.1 Å². The lowest BCUT2D eigenvalue weighted by atomic mass is 9.94. The number of hydrogen-bond acceptors (Lipinski definition) is 6. The maximum absolute atomic E-state index is 13.3. The van der Waals surface area contributed by atoms with Crippen LogP contribution in [0.2, 0.25) is 0 Å². The molecule has 1 aliphatic heterocycles. The largest absolute Gasteiger partial charge is 0.494 e. The van der Waals surface area contributed by atoms with E-state index in [-0.39, 0.29) is 12.1 Å². The van der Waals surface area contributed by atoms with E-state index in [0.717, 1.165) is 55.5 Å². The third-order valence-electron chi connectivity index (χ3n) is 5.78. The van der Waals surface area contributed by atoms with E-state index in [1.165, 1.54) is 12.7 Å². The van der Waals surface area contributed by atoms with Crippen LogP contribution in [0.25, 0.3) is 0 Å². The Bertz CT molecular complexity index is 915. The van der Waals surface area contributed by atoms with E-state index in [1.54, 1.807) is 4.68 Å². The summed E-state index contributed by atoms with van der Waals surface area (Å²) in [5, 5.41) is 7.60. The van der Waals surface area contributed by atoms with Gasteiger partial charge in [-0.05, 0) is 56.7 Å². The second-order valence-electron chi connectivity index (χ2n) is 8.03. The number of anilines is 1. The zero-order valence-corrected chi connectivity index (χ0v) is 17.8. The quantitative estimate of drug-likeness (QED) is 0.530. The minimum absolute atomic E-state index is 0.00643. The molecule has 1 saturated carbocycles. The van der Waals surface area contributed by atoms with E-state index in [4.69, 9.17) is 9.47 Å². The summed E-state index contributed by atoms with van der Waals surface area (Å²) in [5.41, 5.74) is 2.25. The van der Waals surface area contributed by atoms with Gasteiger partial charge < -0.3 is 14.8 Å². The predicted molar refractivity (Wildman–Crippen MR) is 114 cm³/mol. The highest BCUT2D eigenvalue weighted by Crippen LogP contribution is 2.37. The minimum atomic E-state index is -0.408. The van der Waals surface area contributed by atoms with Gasteiger partial charge in [-0.1, -0.05) is 31.9 Å². The smallest absolute Gasteiger partial charge is 0.338 e. The van der Waals surface area contributed by atoms with Crippen molar-refractivity contribution < 1.29 is 14.3 Å². The molecule has 0 amide bonds. The SMILES string of the molecule is CCCCOc1cccc(C2C(C(=O)OC3CCCCC3)=C(C)Nc3ncnn32)c1. The first-order valence-electron chi connectivity index (χ1n) is 11.0. The molecule has 160 valence electrons. The third-order valence-corrected chi connectivity index (χ3v) is 5.78. The third kappa shape index (κ3) is 4.35. The Hall–Kier alpha value is -2.83. The summed E-state index contributed by atoms with van der Waals surface area (Å²) in [6.07, 6.45) is 8.89. The van der Waals surface area contributed by atoms with Gasteiger partial charge in [-0.25, -0.2) is 9.48 Å². The van der Waals surface area contributed by atoms with Crippen molar-refractivity contribution >= 4 is 11.9 Å². The highest BCUT2D eigenvalue weighted by atomic mass is 16.5. The Balaban J connectivity index is 1.64. The Morgan fingerprint density at radius 1 is 1.27 bits per heavy atom. The standard InChI is InChI=1S/C23H30N4O3/c1-3-4-13-29-19-12-8-9-17(14-19)21-20(16(2)26-23-24-15-25-27(21)23)22(28)30-18-10-6-5-7-11-18/h8-9,12,14-15,18,21H,3-7,10-11,13H2,1-2H3,(H,24,25,26). The van der Waals surface area contributed by atoms with Gasteiger partial charge >= 0.3 is 5.97 Å². The molecular weight excluding hydrogens is 380 g/mol. The van der Waals surface area contributed by atoms with Gasteiger partial charge in [0.05, 0.1) is 12.2 Å². The zero-order valence-electron chi connectivity index (χ0n) is 17.8. The highest BCUT2D eigenvalue weighted by molar-refractivity contribution is 5.92. The van der Waals surface area contributed by atoms with Crippen LogP contribution in [0.4, 0.5) is 5.95 Å². The number of benzene rings is 1. The number of nitrogens with zero attached hydrogens (tertiary/aromatic N) is 3. The van der Waals surface area contributed by atoms with Crippen molar-refractivity contribution in [3.05, 3.63) is 47.4 Å². The molecule has 2 aliphatic rings. The number of carbonyl (C=O) groups is 1. The first-order valence-corrected chi connectivity index (χ1v) is 11.0. The Morgan fingerprint density at radius 2 is 2.10 bits per heavy atom. The first kappa shape index (κ1) is 20.4. The van der Waals surface area contributed by atoms with Crippen LogP contribution in [0.5, 0.6) is 5.75 Å². The number of nitrogens with one attached hydrogen (secondary N) is 1. The monoisotopic (exact) mass is 410 g/mol. The molecule has 7 heteroatoms. The van der Waals surface area contributed by atoms with Gasteiger partial charge in [-0.15, -0.1) is 0 Å². The normalized spacial score (nSPS) is 19.2. The van der Waals surface area contributed by atoms with Gasteiger partial charge in [-0.3, -0.25) is 0 Å². The van der Waals surface area contributed by atoms with Crippen molar-refractivity contribution in [2.45, 2.75) is 70.9 Å². The van der Waals surface area contributed by atoms with Gasteiger partial charge in [0.25, 0.3) is 0 Å². The number of esters is 1. The van der Waals surface area contributed by atoms with Crippen LogP contribution >= 0.6 is 0 Å². The molecule has 0 radical (unpaired) electrons. The molecule has 30 heavy (non-hydrogen) atoms. The second-order valence-corrected chi connectivity index (χ2v) is 8.03. The van der Waals surface area contributed by atoms with Gasteiger partial charge in [0, 0.05) is 5.70 Å². The van der Waals surface area contributed by atoms with E-state index in [1.807, 2.05) is 31.2 Å². The first-order chi connectivity index (χ1) is 14.7. The van der Waals surface area contributed by atoms with Gasteiger partial charge in [0.2, 0.25) is 5.95 Å². The molecule has 2 aromatic rings. The summed E-state index contributed by atoms with van der Waals surface area (Å²) in [7, 11) is 0. The van der Waals surface area contributed by atoms with Crippen molar-refractivity contribution in [1.82, 2.24) is 14.8 Å². The van der Waals surface area contributed by atoms with E-state index < -0.39 is 6.04 Å². The Kier molecular flexibility index (Phi) is 6.35. The molecule has 1 N–H and O–H groups in total. The van der Waals surface area contributed by atoms with Crippen molar-refractivity contribution in [1.29, 1.82) is 0 Å². The van der Waals surface area contributed by atoms with Crippen LogP contribution in [0, 0.1) is 0 Å². The molecule has 1 aliphatic carbocycles. The topological polar surface area (TPSA) is 78.3 Å². The lowest BCUT2D eigenvalue weighted by Crippen LogP contribution is -2.32. The van der Waals surface area contributed by atoms with Crippen LogP contribution in [0.3, 0.4) is 0 Å². The second kappa shape index (κ2) is 9.32. The number of aromatic nitrogens is 3. The van der Waals surface area contributed by atoms with Crippen LogP contribution < -0.4 is 10.1 Å². The van der Waals surface area contributed by atoms with Crippen LogP contribution in [0.1, 0.15) is 70.4 Å². The van der Waals surface area contributed by atoms with E-state index in [2.05, 4.69) is 22.3 Å². The lowest BCUT2D eigenvalue weighted by Gasteiger charge is -2.30. The summed E-state index contributed by atoms with van der Waals surface area (Å²) in [5.74, 6) is 1.12. The van der Waals surface area contributed by atoms with Crippen LogP contribution in [-0.4, -0.2) is 33.4 Å². The molecule has 0 saturated heterocycles. The number of ether oxygens (including phenoxy) is 2. The van der Waals surface area contributed by atoms with E-state index >= 15 is 0 Å². The molecule has 1 fully saturated rings. The number of hydrogen-bond donors (Lipinski definition) is 1. The van der Waals surface area contributed by atoms with Gasteiger partial charge in [0.15, 0.2) is 0 Å². The van der Waals surface area contributed by atoms with Crippen molar-refractivity contribution in [2.24, 2.45) is 0 Å². The van der Waals surface area contributed by atoms with Crippen LogP contribution in [0.15, 0.2) is 41.9 Å². The molecular formula is C23H30N4O3. The molecule has 0 spiro atoms.